The molecular formula is C16H13BrN2O2. The van der Waals surface area contributed by atoms with Gasteiger partial charge in [-0.1, -0.05) is 12.1 Å². The summed E-state index contributed by atoms with van der Waals surface area (Å²) in [5.74, 6) is -0.112. The molecule has 106 valence electrons. The van der Waals surface area contributed by atoms with Crippen LogP contribution in [0.5, 0.6) is 0 Å². The molecule has 4 nitrogen and oxygen atoms in total. The Balaban J connectivity index is 1.84. The molecule has 0 fully saturated rings. The lowest BCUT2D eigenvalue weighted by atomic mass is 10.1. The topological polar surface area (TPSA) is 49.4 Å². The molecule has 2 aromatic rings. The summed E-state index contributed by atoms with van der Waals surface area (Å²) < 4.78 is 0.749. The summed E-state index contributed by atoms with van der Waals surface area (Å²) in [7, 11) is 1.76. The van der Waals surface area contributed by atoms with Crippen molar-refractivity contribution in [2.24, 2.45) is 0 Å². The van der Waals surface area contributed by atoms with Crippen molar-refractivity contribution in [1.29, 1.82) is 0 Å². The number of likely N-dealkylation sites (N-methyl/N-ethyl adjacent to an activating group) is 1. The van der Waals surface area contributed by atoms with Gasteiger partial charge in [0.25, 0.3) is 5.91 Å². The molecule has 1 heterocycles. The van der Waals surface area contributed by atoms with Crippen molar-refractivity contribution < 1.29 is 9.59 Å². The molecule has 2 aromatic carbocycles. The van der Waals surface area contributed by atoms with Crippen LogP contribution in [0.2, 0.25) is 0 Å². The third-order valence-electron chi connectivity index (χ3n) is 3.53. The highest BCUT2D eigenvalue weighted by molar-refractivity contribution is 9.10. The Bertz CT molecular complexity index is 743. The molecule has 5 heteroatoms. The maximum Gasteiger partial charge on any atom is 0.256 e. The number of carbonyl (C=O) groups is 2. The zero-order valence-corrected chi connectivity index (χ0v) is 13.0. The maximum atomic E-state index is 12.2. The minimum Gasteiger partial charge on any atom is -0.322 e. The minimum atomic E-state index is -0.180. The van der Waals surface area contributed by atoms with Crippen LogP contribution in [0.4, 0.5) is 11.4 Å². The maximum absolute atomic E-state index is 12.2. The molecule has 1 aliphatic rings. The molecule has 0 aliphatic carbocycles. The van der Waals surface area contributed by atoms with Gasteiger partial charge < -0.3 is 10.2 Å². The van der Waals surface area contributed by atoms with Gasteiger partial charge in [0.05, 0.1) is 12.0 Å². The molecule has 1 aliphatic heterocycles. The van der Waals surface area contributed by atoms with Gasteiger partial charge >= 0.3 is 0 Å². The van der Waals surface area contributed by atoms with E-state index in [0.29, 0.717) is 17.7 Å². The van der Waals surface area contributed by atoms with Gasteiger partial charge in [-0.3, -0.25) is 9.59 Å². The first kappa shape index (κ1) is 13.8. The summed E-state index contributed by atoms with van der Waals surface area (Å²) in [5, 5.41) is 2.86. The lowest BCUT2D eigenvalue weighted by Gasteiger charge is -2.11. The lowest BCUT2D eigenvalue weighted by Crippen LogP contribution is -2.20. The van der Waals surface area contributed by atoms with Gasteiger partial charge in [-0.25, -0.2) is 0 Å². The Morgan fingerprint density at radius 1 is 1.24 bits per heavy atom. The van der Waals surface area contributed by atoms with Crippen molar-refractivity contribution in [2.75, 3.05) is 17.3 Å². The molecule has 0 saturated heterocycles. The van der Waals surface area contributed by atoms with E-state index in [0.717, 1.165) is 15.7 Å². The smallest absolute Gasteiger partial charge is 0.256 e. The fraction of sp³-hybridized carbons (Fsp3) is 0.125. The van der Waals surface area contributed by atoms with Crippen LogP contribution in [0, 0.1) is 0 Å². The average molecular weight is 345 g/mol. The molecule has 1 N–H and O–H groups in total. The van der Waals surface area contributed by atoms with E-state index in [-0.39, 0.29) is 11.8 Å². The predicted molar refractivity (Wildman–Crippen MR) is 85.7 cm³/mol. The third-order valence-corrected chi connectivity index (χ3v) is 4.22. The Morgan fingerprint density at radius 3 is 2.76 bits per heavy atom. The van der Waals surface area contributed by atoms with E-state index in [4.69, 9.17) is 0 Å². The van der Waals surface area contributed by atoms with Gasteiger partial charge in [0.15, 0.2) is 0 Å². The average Bonchev–Trinajstić information content (AvgIpc) is 2.74. The van der Waals surface area contributed by atoms with E-state index in [1.807, 2.05) is 36.4 Å². The number of nitrogens with zero attached hydrogens (tertiary/aromatic N) is 1. The lowest BCUT2D eigenvalue weighted by molar-refractivity contribution is -0.117. The van der Waals surface area contributed by atoms with Crippen molar-refractivity contribution in [2.45, 2.75) is 6.42 Å². The largest absolute Gasteiger partial charge is 0.322 e. The highest BCUT2D eigenvalue weighted by atomic mass is 79.9. The number of nitrogens with one attached hydrogen (secondary N) is 1. The molecular weight excluding hydrogens is 332 g/mol. The van der Waals surface area contributed by atoms with E-state index >= 15 is 0 Å². The molecule has 2 amide bonds. The Labute approximate surface area is 130 Å². The predicted octanol–water partition coefficient (Wildman–Crippen LogP) is 3.22. The van der Waals surface area contributed by atoms with E-state index in [1.54, 1.807) is 18.0 Å². The van der Waals surface area contributed by atoms with Crippen molar-refractivity contribution in [3.63, 3.8) is 0 Å². The van der Waals surface area contributed by atoms with Gasteiger partial charge in [0, 0.05) is 22.9 Å². The minimum absolute atomic E-state index is 0.0688. The number of hydrogen-bond donors (Lipinski definition) is 1. The van der Waals surface area contributed by atoms with Gasteiger partial charge in [-0.15, -0.1) is 0 Å². The molecule has 0 radical (unpaired) electrons. The zero-order valence-electron chi connectivity index (χ0n) is 11.4. The molecule has 0 saturated carbocycles. The standard InChI is InChI=1S/C16H13BrN2O2/c1-19-14-7-6-11(8-10(14)9-15(19)20)18-16(21)12-4-2-3-5-13(12)17/h2-8H,9H2,1H3,(H,18,21). The molecule has 0 unspecified atom stereocenters. The SMILES string of the molecule is CN1C(=O)Cc2cc(NC(=O)c3ccccc3Br)ccc21. The first-order valence-electron chi connectivity index (χ1n) is 6.51. The summed E-state index contributed by atoms with van der Waals surface area (Å²) in [6.45, 7) is 0. The van der Waals surface area contributed by atoms with Crippen LogP contribution in [-0.4, -0.2) is 18.9 Å². The quantitative estimate of drug-likeness (QED) is 0.909. The van der Waals surface area contributed by atoms with Crippen LogP contribution < -0.4 is 10.2 Å². The number of fused-ring (bicyclic) bond motifs is 1. The summed E-state index contributed by atoms with van der Waals surface area (Å²) in [5.41, 5.74) is 3.11. The monoisotopic (exact) mass is 344 g/mol. The van der Waals surface area contributed by atoms with Crippen LogP contribution in [0.1, 0.15) is 15.9 Å². The van der Waals surface area contributed by atoms with Gasteiger partial charge in [0.2, 0.25) is 5.91 Å². The van der Waals surface area contributed by atoms with Gasteiger partial charge in [-0.05, 0) is 51.8 Å². The second-order valence-corrected chi connectivity index (χ2v) is 5.76. The molecule has 0 atom stereocenters. The van der Waals surface area contributed by atoms with E-state index in [1.165, 1.54) is 0 Å². The van der Waals surface area contributed by atoms with Crippen LogP contribution in [0.25, 0.3) is 0 Å². The highest BCUT2D eigenvalue weighted by Gasteiger charge is 2.24. The molecule has 0 aromatic heterocycles. The van der Waals surface area contributed by atoms with Crippen LogP contribution in [-0.2, 0) is 11.2 Å². The highest BCUT2D eigenvalue weighted by Crippen LogP contribution is 2.30. The number of hydrogen-bond acceptors (Lipinski definition) is 2. The van der Waals surface area contributed by atoms with Crippen molar-refractivity contribution in [3.8, 4) is 0 Å². The van der Waals surface area contributed by atoms with Gasteiger partial charge in [-0.2, -0.15) is 0 Å². The van der Waals surface area contributed by atoms with Crippen molar-refractivity contribution in [3.05, 3.63) is 58.1 Å². The number of halogens is 1. The fourth-order valence-electron chi connectivity index (χ4n) is 2.39. The number of anilines is 2. The van der Waals surface area contributed by atoms with Crippen molar-refractivity contribution >= 4 is 39.1 Å². The Kier molecular flexibility index (Phi) is 3.51. The number of rotatable bonds is 2. The zero-order chi connectivity index (χ0) is 15.0. The van der Waals surface area contributed by atoms with Crippen LogP contribution in [0.3, 0.4) is 0 Å². The molecule has 0 spiro atoms. The number of carbonyl (C=O) groups excluding carboxylic acids is 2. The molecule has 0 bridgehead atoms. The van der Waals surface area contributed by atoms with Gasteiger partial charge in [0.1, 0.15) is 0 Å². The van der Waals surface area contributed by atoms with E-state index < -0.39 is 0 Å². The molecule has 21 heavy (non-hydrogen) atoms. The fourth-order valence-corrected chi connectivity index (χ4v) is 2.86. The first-order chi connectivity index (χ1) is 10.1. The molecule has 3 rings (SSSR count). The Hall–Kier alpha value is -2.14. The van der Waals surface area contributed by atoms with E-state index in [2.05, 4.69) is 21.2 Å². The van der Waals surface area contributed by atoms with E-state index in [9.17, 15) is 9.59 Å². The number of benzene rings is 2. The second kappa shape index (κ2) is 5.33. The normalized spacial score (nSPS) is 13.2. The summed E-state index contributed by atoms with van der Waals surface area (Å²) >= 11 is 3.36. The summed E-state index contributed by atoms with van der Waals surface area (Å²) in [6, 6.07) is 12.8. The number of amides is 2. The van der Waals surface area contributed by atoms with Crippen LogP contribution >= 0.6 is 15.9 Å². The van der Waals surface area contributed by atoms with Crippen molar-refractivity contribution in [1.82, 2.24) is 0 Å². The third kappa shape index (κ3) is 2.56. The van der Waals surface area contributed by atoms with Crippen LogP contribution in [0.15, 0.2) is 46.9 Å². The first-order valence-corrected chi connectivity index (χ1v) is 7.31. The second-order valence-electron chi connectivity index (χ2n) is 4.91. The summed E-state index contributed by atoms with van der Waals surface area (Å²) in [4.78, 5) is 25.5. The Morgan fingerprint density at radius 2 is 2.00 bits per heavy atom. The summed E-state index contributed by atoms with van der Waals surface area (Å²) in [6.07, 6.45) is 0.380.